The monoisotopic (exact) mass is 273 g/mol. The van der Waals surface area contributed by atoms with Crippen molar-refractivity contribution in [2.24, 2.45) is 17.9 Å². The van der Waals surface area contributed by atoms with Gasteiger partial charge in [0.1, 0.15) is 0 Å². The zero-order chi connectivity index (χ0) is 14.4. The molecule has 0 saturated heterocycles. The number of para-hydroxylation sites is 1. The Bertz CT molecular complexity index is 606. The van der Waals surface area contributed by atoms with Crippen LogP contribution in [0.25, 0.3) is 0 Å². The predicted octanol–water partition coefficient (Wildman–Crippen LogP) is 0.696. The van der Waals surface area contributed by atoms with Crippen LogP contribution in [0, 0.1) is 0 Å². The lowest BCUT2D eigenvalue weighted by atomic mass is 10.3. The molecule has 0 radical (unpaired) electrons. The number of rotatable bonds is 5. The molecule has 2 rings (SSSR count). The van der Waals surface area contributed by atoms with E-state index in [1.54, 1.807) is 36.3 Å². The summed E-state index contributed by atoms with van der Waals surface area (Å²) >= 11 is 0. The number of benzene rings is 1. The third kappa shape index (κ3) is 3.84. The van der Waals surface area contributed by atoms with Gasteiger partial charge in [-0.2, -0.15) is 5.10 Å². The van der Waals surface area contributed by atoms with Gasteiger partial charge in [0, 0.05) is 18.9 Å². The molecule has 1 heterocycles. The highest BCUT2D eigenvalue weighted by atomic mass is 16.6. The Morgan fingerprint density at radius 2 is 2.20 bits per heavy atom. The molecule has 0 saturated carbocycles. The van der Waals surface area contributed by atoms with Crippen molar-refractivity contribution < 1.29 is 9.63 Å². The van der Waals surface area contributed by atoms with Gasteiger partial charge in [0.15, 0.2) is 12.4 Å². The molecular formula is C13H15N5O2. The summed E-state index contributed by atoms with van der Waals surface area (Å²) < 4.78 is 1.60. The Morgan fingerprint density at radius 3 is 2.85 bits per heavy atom. The molecule has 3 N–H and O–H groups in total. The van der Waals surface area contributed by atoms with Crippen LogP contribution in [0.4, 0.5) is 5.69 Å². The lowest BCUT2D eigenvalue weighted by Gasteiger charge is -2.04. The van der Waals surface area contributed by atoms with Crippen molar-refractivity contribution in [1.82, 2.24) is 9.78 Å². The number of nitrogens with one attached hydrogen (secondary N) is 1. The van der Waals surface area contributed by atoms with Crippen molar-refractivity contribution in [3.63, 3.8) is 0 Å². The molecule has 0 spiro atoms. The minimum atomic E-state index is -0.307. The SMILES string of the molecule is Cn1cc(/C(N)=N/OCC(=O)Nc2ccccc2)cn1. The van der Waals surface area contributed by atoms with Gasteiger partial charge in [0.2, 0.25) is 0 Å². The van der Waals surface area contributed by atoms with Crippen LogP contribution in [-0.2, 0) is 16.7 Å². The van der Waals surface area contributed by atoms with Crippen LogP contribution in [0.2, 0.25) is 0 Å². The molecular weight excluding hydrogens is 258 g/mol. The van der Waals surface area contributed by atoms with Gasteiger partial charge in [-0.25, -0.2) is 0 Å². The van der Waals surface area contributed by atoms with Crippen LogP contribution < -0.4 is 11.1 Å². The minimum absolute atomic E-state index is 0.172. The first-order chi connectivity index (χ1) is 9.65. The predicted molar refractivity (Wildman–Crippen MR) is 75.0 cm³/mol. The highest BCUT2D eigenvalue weighted by Crippen LogP contribution is 2.04. The molecule has 1 aromatic heterocycles. The van der Waals surface area contributed by atoms with Crippen LogP contribution in [0.5, 0.6) is 0 Å². The fourth-order valence-corrected chi connectivity index (χ4v) is 1.49. The van der Waals surface area contributed by atoms with Gasteiger partial charge in [-0.15, -0.1) is 0 Å². The Balaban J connectivity index is 1.82. The molecule has 1 aromatic carbocycles. The van der Waals surface area contributed by atoms with Crippen LogP contribution in [0.15, 0.2) is 47.9 Å². The number of aromatic nitrogens is 2. The molecule has 1 amide bonds. The number of amidine groups is 1. The van der Waals surface area contributed by atoms with E-state index in [4.69, 9.17) is 10.6 Å². The van der Waals surface area contributed by atoms with Crippen molar-refractivity contribution in [3.05, 3.63) is 48.3 Å². The fraction of sp³-hybridized carbons (Fsp3) is 0.154. The molecule has 0 aliphatic heterocycles. The first kappa shape index (κ1) is 13.6. The lowest BCUT2D eigenvalue weighted by Crippen LogP contribution is -2.19. The summed E-state index contributed by atoms with van der Waals surface area (Å²) in [7, 11) is 1.77. The summed E-state index contributed by atoms with van der Waals surface area (Å²) in [6.07, 6.45) is 3.26. The van der Waals surface area contributed by atoms with Gasteiger partial charge in [-0.1, -0.05) is 23.4 Å². The number of carbonyl (C=O) groups excluding carboxylic acids is 1. The van der Waals surface area contributed by atoms with Crippen LogP contribution in [0.3, 0.4) is 0 Å². The van der Waals surface area contributed by atoms with Crippen molar-refractivity contribution in [3.8, 4) is 0 Å². The number of anilines is 1. The van der Waals surface area contributed by atoms with E-state index in [0.717, 1.165) is 0 Å². The van der Waals surface area contributed by atoms with Gasteiger partial charge in [0.25, 0.3) is 5.91 Å². The largest absolute Gasteiger partial charge is 0.384 e. The Labute approximate surface area is 116 Å². The van der Waals surface area contributed by atoms with E-state index in [-0.39, 0.29) is 18.3 Å². The van der Waals surface area contributed by atoms with Crippen LogP contribution in [0.1, 0.15) is 5.56 Å². The number of oxime groups is 1. The van der Waals surface area contributed by atoms with Gasteiger partial charge < -0.3 is 15.9 Å². The van der Waals surface area contributed by atoms with E-state index >= 15 is 0 Å². The maximum atomic E-state index is 11.6. The Morgan fingerprint density at radius 1 is 1.45 bits per heavy atom. The normalized spacial score (nSPS) is 11.2. The first-order valence-electron chi connectivity index (χ1n) is 5.94. The second-order valence-electron chi connectivity index (χ2n) is 4.07. The third-order valence-corrected chi connectivity index (χ3v) is 2.42. The third-order valence-electron chi connectivity index (χ3n) is 2.42. The van der Waals surface area contributed by atoms with E-state index in [2.05, 4.69) is 15.6 Å². The summed E-state index contributed by atoms with van der Waals surface area (Å²) in [6, 6.07) is 9.09. The first-order valence-corrected chi connectivity index (χ1v) is 5.94. The fourth-order valence-electron chi connectivity index (χ4n) is 1.49. The maximum absolute atomic E-state index is 11.6. The number of carbonyl (C=O) groups is 1. The second kappa shape index (κ2) is 6.37. The van der Waals surface area contributed by atoms with E-state index in [0.29, 0.717) is 11.3 Å². The zero-order valence-corrected chi connectivity index (χ0v) is 11.0. The number of nitrogens with zero attached hydrogens (tertiary/aromatic N) is 3. The highest BCUT2D eigenvalue weighted by molar-refractivity contribution is 5.96. The smallest absolute Gasteiger partial charge is 0.265 e. The van der Waals surface area contributed by atoms with Crippen molar-refractivity contribution in [2.45, 2.75) is 0 Å². The Hall–Kier alpha value is -2.83. The zero-order valence-electron chi connectivity index (χ0n) is 11.0. The average Bonchev–Trinajstić information content (AvgIpc) is 2.86. The topological polar surface area (TPSA) is 94.5 Å². The molecule has 20 heavy (non-hydrogen) atoms. The second-order valence-corrected chi connectivity index (χ2v) is 4.07. The molecule has 7 heteroatoms. The van der Waals surface area contributed by atoms with Crippen molar-refractivity contribution in [1.29, 1.82) is 0 Å². The summed E-state index contributed by atoms with van der Waals surface area (Å²) in [5.74, 6) is -0.135. The Kier molecular flexibility index (Phi) is 4.33. The molecule has 0 aliphatic carbocycles. The average molecular weight is 273 g/mol. The van der Waals surface area contributed by atoms with Crippen LogP contribution >= 0.6 is 0 Å². The summed E-state index contributed by atoms with van der Waals surface area (Å²) in [5.41, 5.74) is 7.02. The molecule has 0 fully saturated rings. The maximum Gasteiger partial charge on any atom is 0.265 e. The van der Waals surface area contributed by atoms with Gasteiger partial charge in [-0.3, -0.25) is 9.48 Å². The number of amides is 1. The molecule has 0 aliphatic rings. The quantitative estimate of drug-likeness (QED) is 0.476. The van der Waals surface area contributed by atoms with E-state index in [1.807, 2.05) is 18.2 Å². The number of aryl methyl sites for hydroxylation is 1. The number of hydrogen-bond donors (Lipinski definition) is 2. The highest BCUT2D eigenvalue weighted by Gasteiger charge is 2.04. The van der Waals surface area contributed by atoms with Crippen molar-refractivity contribution in [2.75, 3.05) is 11.9 Å². The summed E-state index contributed by atoms with van der Waals surface area (Å²) in [6.45, 7) is -0.212. The summed E-state index contributed by atoms with van der Waals surface area (Å²) in [4.78, 5) is 16.5. The van der Waals surface area contributed by atoms with E-state index in [1.165, 1.54) is 0 Å². The summed E-state index contributed by atoms with van der Waals surface area (Å²) in [5, 5.41) is 10.3. The van der Waals surface area contributed by atoms with E-state index < -0.39 is 0 Å². The molecule has 104 valence electrons. The van der Waals surface area contributed by atoms with Gasteiger partial charge >= 0.3 is 0 Å². The molecule has 2 aromatic rings. The molecule has 0 atom stereocenters. The van der Waals surface area contributed by atoms with Crippen molar-refractivity contribution >= 4 is 17.4 Å². The molecule has 0 unspecified atom stereocenters. The molecule has 0 bridgehead atoms. The molecule has 7 nitrogen and oxygen atoms in total. The standard InChI is InChI=1S/C13H15N5O2/c1-18-8-10(7-15-18)13(14)17-20-9-12(19)16-11-5-3-2-4-6-11/h2-8H,9H2,1H3,(H2,14,17)(H,16,19). The number of nitrogens with two attached hydrogens (primary N) is 1. The van der Waals surface area contributed by atoms with Gasteiger partial charge in [-0.05, 0) is 12.1 Å². The van der Waals surface area contributed by atoms with Crippen LogP contribution in [-0.4, -0.2) is 28.1 Å². The lowest BCUT2D eigenvalue weighted by molar-refractivity contribution is -0.120. The van der Waals surface area contributed by atoms with Gasteiger partial charge in [0.05, 0.1) is 11.8 Å². The van der Waals surface area contributed by atoms with E-state index in [9.17, 15) is 4.79 Å². The number of hydrogen-bond acceptors (Lipinski definition) is 4. The minimum Gasteiger partial charge on any atom is -0.384 e.